The van der Waals surface area contributed by atoms with Crippen LogP contribution in [-0.2, 0) is 0 Å². The molecule has 0 aliphatic rings. The van der Waals surface area contributed by atoms with Crippen molar-refractivity contribution in [1.82, 2.24) is 0 Å². The summed E-state index contributed by atoms with van der Waals surface area (Å²) in [5, 5.41) is 17.1. The summed E-state index contributed by atoms with van der Waals surface area (Å²) in [6, 6.07) is 0. The van der Waals surface area contributed by atoms with Gasteiger partial charge in [-0.15, -0.1) is 0 Å². The molecule has 21 heavy (non-hydrogen) atoms. The van der Waals surface area contributed by atoms with Crippen LogP contribution in [0.25, 0.3) is 0 Å². The molecule has 0 radical (unpaired) electrons. The van der Waals surface area contributed by atoms with Gasteiger partial charge >= 0.3 is 0 Å². The molecule has 0 bridgehead atoms. The van der Waals surface area contributed by atoms with E-state index in [9.17, 15) is 5.11 Å². The zero-order valence-corrected chi connectivity index (χ0v) is 14.3. The van der Waals surface area contributed by atoms with Gasteiger partial charge in [0.05, 0.1) is 0 Å². The lowest BCUT2D eigenvalue weighted by Gasteiger charge is -2.04. The summed E-state index contributed by atoms with van der Waals surface area (Å²) in [6.45, 7) is 6.29. The number of rotatable bonds is 13. The molecule has 0 rings (SSSR count). The van der Waals surface area contributed by atoms with Crippen LogP contribution in [-0.4, -0.2) is 11.3 Å². The van der Waals surface area contributed by atoms with Crippen molar-refractivity contribution in [1.29, 1.82) is 5.41 Å². The molecule has 0 aromatic heterocycles. The first-order valence-corrected chi connectivity index (χ1v) is 8.68. The van der Waals surface area contributed by atoms with Gasteiger partial charge in [-0.25, -0.2) is 0 Å². The van der Waals surface area contributed by atoms with Crippen LogP contribution in [0.3, 0.4) is 0 Å². The first kappa shape index (κ1) is 19.9. The topological polar surface area (TPSA) is 44.1 Å². The highest BCUT2D eigenvalue weighted by atomic mass is 16.3. The average Bonchev–Trinajstić information content (AvgIpc) is 2.49. The Hall–Kier alpha value is -1.05. The maximum Gasteiger partial charge on any atom is 0.114 e. The molecule has 122 valence electrons. The van der Waals surface area contributed by atoms with E-state index in [0.717, 1.165) is 31.3 Å². The largest absolute Gasteiger partial charge is 0.508 e. The summed E-state index contributed by atoms with van der Waals surface area (Å²) in [5.74, 6) is 0.819. The van der Waals surface area contributed by atoms with Crippen molar-refractivity contribution in [2.45, 2.75) is 85.0 Å². The predicted molar refractivity (Wildman–Crippen MR) is 94.3 cm³/mol. The lowest BCUT2D eigenvalue weighted by atomic mass is 10.0. The molecular weight excluding hydrogens is 258 g/mol. The molecule has 0 saturated heterocycles. The zero-order valence-electron chi connectivity index (χ0n) is 14.3. The Morgan fingerprint density at radius 3 is 2.29 bits per heavy atom. The van der Waals surface area contributed by atoms with Gasteiger partial charge in [-0.1, -0.05) is 52.0 Å². The summed E-state index contributed by atoms with van der Waals surface area (Å²) in [7, 11) is 0. The van der Waals surface area contributed by atoms with Gasteiger partial charge in [-0.05, 0) is 62.8 Å². The van der Waals surface area contributed by atoms with Crippen LogP contribution in [0, 0.1) is 11.3 Å². The fourth-order valence-corrected chi connectivity index (χ4v) is 2.27. The second-order valence-electron chi connectivity index (χ2n) is 6.11. The normalized spacial score (nSPS) is 14.2. The summed E-state index contributed by atoms with van der Waals surface area (Å²) >= 11 is 0. The third kappa shape index (κ3) is 12.4. The van der Waals surface area contributed by atoms with E-state index in [2.05, 4.69) is 19.9 Å². The fraction of sp³-hybridized carbons (Fsp3) is 0.737. The minimum atomic E-state index is 0.371. The lowest BCUT2D eigenvalue weighted by molar-refractivity contribution is 0.419. The SMILES string of the molecule is CCCCCCCCC=C(O)/C(C)=C/CCC[C@H](C)C=N. The number of unbranched alkanes of at least 4 members (excludes halogenated alkanes) is 7. The molecule has 0 aliphatic heterocycles. The standard InChI is InChI=1S/C19H35NO/c1-4-5-6-7-8-9-10-15-19(21)18(3)14-12-11-13-17(2)16-20/h14-17,20-21H,4-13H2,1-3H3/b18-14+,19-15?,20-16?/t17-/m0/s1. The van der Waals surface area contributed by atoms with Crippen LogP contribution in [0.1, 0.15) is 85.0 Å². The molecule has 0 heterocycles. The number of aliphatic hydroxyl groups is 1. The Labute approximate surface area is 131 Å². The first-order valence-electron chi connectivity index (χ1n) is 8.68. The molecule has 0 fully saturated rings. The van der Waals surface area contributed by atoms with Gasteiger partial charge in [0.15, 0.2) is 0 Å². The van der Waals surface area contributed by atoms with Crippen molar-refractivity contribution in [3.05, 3.63) is 23.5 Å². The van der Waals surface area contributed by atoms with Crippen molar-refractivity contribution < 1.29 is 5.11 Å². The van der Waals surface area contributed by atoms with E-state index in [4.69, 9.17) is 5.41 Å². The molecule has 0 unspecified atom stereocenters. The molecule has 2 nitrogen and oxygen atoms in total. The van der Waals surface area contributed by atoms with E-state index in [0.29, 0.717) is 11.7 Å². The maximum atomic E-state index is 9.97. The van der Waals surface area contributed by atoms with E-state index in [1.807, 2.05) is 13.0 Å². The Morgan fingerprint density at radius 1 is 1.00 bits per heavy atom. The molecule has 0 saturated carbocycles. The second kappa shape index (κ2) is 13.9. The Morgan fingerprint density at radius 2 is 1.62 bits per heavy atom. The van der Waals surface area contributed by atoms with Crippen LogP contribution >= 0.6 is 0 Å². The molecule has 0 aromatic rings. The van der Waals surface area contributed by atoms with E-state index >= 15 is 0 Å². The molecule has 0 aliphatic carbocycles. The minimum Gasteiger partial charge on any atom is -0.508 e. The van der Waals surface area contributed by atoms with Crippen LogP contribution in [0.2, 0.25) is 0 Å². The predicted octanol–water partition coefficient (Wildman–Crippen LogP) is 6.58. The lowest BCUT2D eigenvalue weighted by Crippen LogP contribution is -1.94. The number of aliphatic hydroxyl groups excluding tert-OH is 1. The Balaban J connectivity index is 3.77. The van der Waals surface area contributed by atoms with Gasteiger partial charge in [0.2, 0.25) is 0 Å². The van der Waals surface area contributed by atoms with Gasteiger partial charge in [-0.2, -0.15) is 0 Å². The van der Waals surface area contributed by atoms with Gasteiger partial charge < -0.3 is 10.5 Å². The highest BCUT2D eigenvalue weighted by Gasteiger charge is 1.98. The number of hydrogen-bond donors (Lipinski definition) is 2. The summed E-state index contributed by atoms with van der Waals surface area (Å²) in [5.41, 5.74) is 0.989. The number of hydrogen-bond acceptors (Lipinski definition) is 2. The van der Waals surface area contributed by atoms with Gasteiger partial charge in [-0.3, -0.25) is 0 Å². The molecular formula is C19H35NO. The van der Waals surface area contributed by atoms with Crippen molar-refractivity contribution >= 4 is 6.21 Å². The molecule has 0 amide bonds. The number of allylic oxidation sites excluding steroid dienone is 3. The Kier molecular flexibility index (Phi) is 13.2. The zero-order chi connectivity index (χ0) is 15.9. The van der Waals surface area contributed by atoms with E-state index in [-0.39, 0.29) is 0 Å². The highest BCUT2D eigenvalue weighted by Crippen LogP contribution is 2.13. The van der Waals surface area contributed by atoms with Gasteiger partial charge in [0.1, 0.15) is 5.76 Å². The molecule has 1 atom stereocenters. The van der Waals surface area contributed by atoms with Crippen molar-refractivity contribution in [3.8, 4) is 0 Å². The van der Waals surface area contributed by atoms with Crippen LogP contribution in [0.4, 0.5) is 0 Å². The van der Waals surface area contributed by atoms with Crippen molar-refractivity contribution in [2.24, 2.45) is 5.92 Å². The first-order chi connectivity index (χ1) is 10.1. The fourth-order valence-electron chi connectivity index (χ4n) is 2.27. The van der Waals surface area contributed by atoms with E-state index in [1.54, 1.807) is 0 Å². The van der Waals surface area contributed by atoms with Gasteiger partial charge in [0, 0.05) is 0 Å². The summed E-state index contributed by atoms with van der Waals surface area (Å²) in [4.78, 5) is 0. The third-order valence-electron chi connectivity index (χ3n) is 3.90. The van der Waals surface area contributed by atoms with Crippen LogP contribution in [0.5, 0.6) is 0 Å². The average molecular weight is 293 g/mol. The van der Waals surface area contributed by atoms with E-state index in [1.165, 1.54) is 44.7 Å². The van der Waals surface area contributed by atoms with Gasteiger partial charge in [0.25, 0.3) is 0 Å². The highest BCUT2D eigenvalue weighted by molar-refractivity contribution is 5.55. The Bertz CT molecular complexity index is 318. The van der Waals surface area contributed by atoms with E-state index < -0.39 is 0 Å². The molecule has 0 aromatic carbocycles. The summed E-state index contributed by atoms with van der Waals surface area (Å²) < 4.78 is 0. The quantitative estimate of drug-likeness (QED) is 0.171. The summed E-state index contributed by atoms with van der Waals surface area (Å²) in [6.07, 6.45) is 17.4. The molecule has 2 heteroatoms. The van der Waals surface area contributed by atoms with Crippen molar-refractivity contribution in [2.75, 3.05) is 0 Å². The second-order valence-corrected chi connectivity index (χ2v) is 6.11. The maximum absolute atomic E-state index is 9.97. The molecule has 2 N–H and O–H groups in total. The smallest absolute Gasteiger partial charge is 0.114 e. The third-order valence-corrected chi connectivity index (χ3v) is 3.90. The minimum absolute atomic E-state index is 0.371. The van der Waals surface area contributed by atoms with Crippen LogP contribution in [0.15, 0.2) is 23.5 Å². The van der Waals surface area contributed by atoms with Crippen molar-refractivity contribution in [3.63, 3.8) is 0 Å². The molecule has 0 spiro atoms. The van der Waals surface area contributed by atoms with Crippen LogP contribution < -0.4 is 0 Å². The monoisotopic (exact) mass is 293 g/mol. The number of nitrogens with one attached hydrogen (secondary N) is 1.